The van der Waals surface area contributed by atoms with E-state index in [4.69, 9.17) is 11.6 Å². The lowest BCUT2D eigenvalue weighted by molar-refractivity contribution is -0.384. The van der Waals surface area contributed by atoms with E-state index in [9.17, 15) is 14.9 Å². The van der Waals surface area contributed by atoms with E-state index in [0.717, 1.165) is 0 Å². The van der Waals surface area contributed by atoms with Crippen molar-refractivity contribution in [2.75, 3.05) is 0 Å². The highest BCUT2D eigenvalue weighted by atomic mass is 35.5. The van der Waals surface area contributed by atoms with E-state index in [0.29, 0.717) is 17.1 Å². The SMILES string of the molecule is O=c1cc(-c2ccc([N+](=O)[O-])cc2)[nH]n1-c1ccc(Cl)nn1. The fourth-order valence-electron chi connectivity index (χ4n) is 1.90. The van der Waals surface area contributed by atoms with Crippen LogP contribution in [0.5, 0.6) is 0 Å². The van der Waals surface area contributed by atoms with Gasteiger partial charge in [0.1, 0.15) is 0 Å². The zero-order valence-corrected chi connectivity index (χ0v) is 11.7. The minimum Gasteiger partial charge on any atom is -0.289 e. The Bertz CT molecular complexity index is 883. The molecule has 1 aromatic carbocycles. The Labute approximate surface area is 128 Å². The van der Waals surface area contributed by atoms with Crippen LogP contribution in [0.25, 0.3) is 17.1 Å². The molecule has 0 fully saturated rings. The van der Waals surface area contributed by atoms with Gasteiger partial charge in [0.2, 0.25) is 0 Å². The molecule has 0 amide bonds. The number of halogens is 1. The summed E-state index contributed by atoms with van der Waals surface area (Å²) < 4.78 is 1.21. The van der Waals surface area contributed by atoms with E-state index in [-0.39, 0.29) is 16.4 Å². The van der Waals surface area contributed by atoms with Crippen molar-refractivity contribution in [3.05, 3.63) is 68.1 Å². The van der Waals surface area contributed by atoms with E-state index in [1.54, 1.807) is 18.2 Å². The normalized spacial score (nSPS) is 10.6. The third-order valence-electron chi connectivity index (χ3n) is 2.96. The molecule has 0 atom stereocenters. The Balaban J connectivity index is 2.00. The van der Waals surface area contributed by atoms with Gasteiger partial charge in [-0.05, 0) is 24.3 Å². The van der Waals surface area contributed by atoms with Crippen molar-refractivity contribution >= 4 is 17.3 Å². The summed E-state index contributed by atoms with van der Waals surface area (Å²) in [5.74, 6) is 0.294. The van der Waals surface area contributed by atoms with Crippen molar-refractivity contribution in [1.29, 1.82) is 0 Å². The van der Waals surface area contributed by atoms with Gasteiger partial charge in [-0.25, -0.2) is 0 Å². The molecule has 0 spiro atoms. The molecule has 22 heavy (non-hydrogen) atoms. The third kappa shape index (κ3) is 2.59. The van der Waals surface area contributed by atoms with Gasteiger partial charge in [-0.2, -0.15) is 4.68 Å². The van der Waals surface area contributed by atoms with Crippen molar-refractivity contribution in [1.82, 2.24) is 20.0 Å². The topological polar surface area (TPSA) is 107 Å². The molecule has 110 valence electrons. The second-order valence-corrected chi connectivity index (χ2v) is 4.75. The number of benzene rings is 1. The molecule has 1 N–H and O–H groups in total. The number of rotatable bonds is 3. The third-order valence-corrected chi connectivity index (χ3v) is 3.16. The first-order valence-corrected chi connectivity index (χ1v) is 6.49. The van der Waals surface area contributed by atoms with Crippen molar-refractivity contribution < 1.29 is 4.92 Å². The van der Waals surface area contributed by atoms with Crippen LogP contribution >= 0.6 is 11.6 Å². The highest BCUT2D eigenvalue weighted by Gasteiger charge is 2.10. The molecule has 0 unspecified atom stereocenters. The maximum Gasteiger partial charge on any atom is 0.273 e. The van der Waals surface area contributed by atoms with Crippen molar-refractivity contribution in [2.45, 2.75) is 0 Å². The molecule has 0 radical (unpaired) electrons. The average Bonchev–Trinajstić information content (AvgIpc) is 2.90. The lowest BCUT2D eigenvalue weighted by atomic mass is 10.1. The Morgan fingerprint density at radius 3 is 2.45 bits per heavy atom. The molecular formula is C13H8ClN5O3. The van der Waals surface area contributed by atoms with Gasteiger partial charge in [-0.1, -0.05) is 11.6 Å². The first-order chi connectivity index (χ1) is 10.5. The number of nitro groups is 1. The number of aromatic nitrogens is 4. The van der Waals surface area contributed by atoms with Gasteiger partial charge >= 0.3 is 0 Å². The second kappa shape index (κ2) is 5.41. The summed E-state index contributed by atoms with van der Waals surface area (Å²) in [5, 5.41) is 21.2. The molecule has 8 nitrogen and oxygen atoms in total. The van der Waals surface area contributed by atoms with Crippen LogP contribution < -0.4 is 5.56 Å². The van der Waals surface area contributed by atoms with Gasteiger partial charge in [0.05, 0.1) is 10.6 Å². The average molecular weight is 318 g/mol. The standard InChI is InChI=1S/C13H8ClN5O3/c14-11-5-6-12(16-15-11)18-13(20)7-10(17-18)8-1-3-9(4-2-8)19(21)22/h1-7,17H. The molecule has 9 heteroatoms. The van der Waals surface area contributed by atoms with E-state index in [1.807, 2.05) is 0 Å². The number of hydrogen-bond donors (Lipinski definition) is 1. The smallest absolute Gasteiger partial charge is 0.273 e. The number of nitrogens with one attached hydrogen (secondary N) is 1. The summed E-state index contributed by atoms with van der Waals surface area (Å²) in [7, 11) is 0. The van der Waals surface area contributed by atoms with E-state index < -0.39 is 4.92 Å². The molecule has 0 saturated heterocycles. The van der Waals surface area contributed by atoms with Crippen LogP contribution in [0.1, 0.15) is 0 Å². The van der Waals surface area contributed by atoms with Crippen LogP contribution in [0.2, 0.25) is 5.15 Å². The summed E-state index contributed by atoms with van der Waals surface area (Å²) in [4.78, 5) is 22.1. The zero-order valence-electron chi connectivity index (χ0n) is 10.9. The fourth-order valence-corrected chi connectivity index (χ4v) is 2.01. The largest absolute Gasteiger partial charge is 0.289 e. The van der Waals surface area contributed by atoms with Gasteiger partial charge in [0.15, 0.2) is 11.0 Å². The Morgan fingerprint density at radius 1 is 1.14 bits per heavy atom. The molecule has 0 aliphatic carbocycles. The van der Waals surface area contributed by atoms with Crippen LogP contribution in [0, 0.1) is 10.1 Å². The molecule has 0 aliphatic rings. The Morgan fingerprint density at radius 2 is 1.86 bits per heavy atom. The number of aromatic amines is 1. The van der Waals surface area contributed by atoms with Gasteiger partial charge < -0.3 is 0 Å². The number of nitrogens with zero attached hydrogens (tertiary/aromatic N) is 4. The number of H-pyrrole nitrogens is 1. The molecule has 2 aromatic heterocycles. The maximum absolute atomic E-state index is 12.0. The fraction of sp³-hybridized carbons (Fsp3) is 0. The lowest BCUT2D eigenvalue weighted by Crippen LogP contribution is -2.15. The molecule has 3 aromatic rings. The van der Waals surface area contributed by atoms with Crippen LogP contribution in [0.3, 0.4) is 0 Å². The quantitative estimate of drug-likeness (QED) is 0.588. The summed E-state index contributed by atoms with van der Waals surface area (Å²) in [6.45, 7) is 0. The molecule has 0 aliphatic heterocycles. The van der Waals surface area contributed by atoms with Gasteiger partial charge in [0.25, 0.3) is 11.2 Å². The minimum atomic E-state index is -0.485. The molecular weight excluding hydrogens is 310 g/mol. The Kier molecular flexibility index (Phi) is 3.43. The molecule has 0 saturated carbocycles. The summed E-state index contributed by atoms with van der Waals surface area (Å²) in [6.07, 6.45) is 0. The summed E-state index contributed by atoms with van der Waals surface area (Å²) in [6, 6.07) is 10.3. The van der Waals surface area contributed by atoms with E-state index >= 15 is 0 Å². The van der Waals surface area contributed by atoms with Crippen LogP contribution in [-0.2, 0) is 0 Å². The highest BCUT2D eigenvalue weighted by Crippen LogP contribution is 2.20. The molecule has 2 heterocycles. The van der Waals surface area contributed by atoms with Gasteiger partial charge in [-0.15, -0.1) is 10.2 Å². The predicted octanol–water partition coefficient (Wildman–Crippen LogP) is 2.18. The summed E-state index contributed by atoms with van der Waals surface area (Å²) in [5.41, 5.74) is 0.805. The van der Waals surface area contributed by atoms with E-state index in [1.165, 1.54) is 28.9 Å². The molecule has 3 rings (SSSR count). The van der Waals surface area contributed by atoms with Crippen molar-refractivity contribution in [2.24, 2.45) is 0 Å². The van der Waals surface area contributed by atoms with Crippen LogP contribution in [-0.4, -0.2) is 24.9 Å². The number of nitro benzene ring substituents is 1. The van der Waals surface area contributed by atoms with Crippen molar-refractivity contribution in [3.63, 3.8) is 0 Å². The predicted molar refractivity (Wildman–Crippen MR) is 79.1 cm³/mol. The monoisotopic (exact) mass is 317 g/mol. The summed E-state index contributed by atoms with van der Waals surface area (Å²) >= 11 is 5.65. The van der Waals surface area contributed by atoms with Crippen LogP contribution in [0.15, 0.2) is 47.3 Å². The maximum atomic E-state index is 12.0. The highest BCUT2D eigenvalue weighted by molar-refractivity contribution is 6.29. The lowest BCUT2D eigenvalue weighted by Gasteiger charge is -2.00. The minimum absolute atomic E-state index is 0.0194. The first-order valence-electron chi connectivity index (χ1n) is 6.11. The molecule has 0 bridgehead atoms. The number of non-ortho nitro benzene ring substituents is 1. The zero-order chi connectivity index (χ0) is 15.7. The number of hydrogen-bond acceptors (Lipinski definition) is 5. The first kappa shape index (κ1) is 14.0. The van der Waals surface area contributed by atoms with Gasteiger partial charge in [0, 0.05) is 23.8 Å². The van der Waals surface area contributed by atoms with Gasteiger partial charge in [-0.3, -0.25) is 20.0 Å². The second-order valence-electron chi connectivity index (χ2n) is 4.36. The van der Waals surface area contributed by atoms with Crippen LogP contribution in [0.4, 0.5) is 5.69 Å². The van der Waals surface area contributed by atoms with Crippen molar-refractivity contribution in [3.8, 4) is 17.1 Å². The Hall–Kier alpha value is -3.00. The van der Waals surface area contributed by atoms with E-state index in [2.05, 4.69) is 15.3 Å².